The molecule has 0 saturated carbocycles. The molecule has 0 aliphatic heterocycles. The van der Waals surface area contributed by atoms with Gasteiger partial charge in [0.1, 0.15) is 0 Å². The number of aromatic nitrogens is 2. The van der Waals surface area contributed by atoms with Gasteiger partial charge in [-0.25, -0.2) is 0 Å². The maximum Gasteiger partial charge on any atom is 0.0541 e. The Morgan fingerprint density at radius 1 is 0.222 bits per heavy atom. The monoisotopic (exact) mass is 803 g/mol. The molecular weight excluding hydrogens is 763 g/mol. The van der Waals surface area contributed by atoms with Gasteiger partial charge in [0.2, 0.25) is 0 Å². The van der Waals surface area contributed by atoms with Gasteiger partial charge in [-0.05, 0) is 137 Å². The SMILES string of the molecule is c1ccc(N(c2ccccc2)c2ccc(-c3cc(-c4ccc(-n5c6ccccc6c6ccccc65)cc4)cc(-c4ccc(-n5c6ccccc6c6ccccc65)cc4)c3)cc2)cc1. The van der Waals surface area contributed by atoms with Gasteiger partial charge in [-0.1, -0.05) is 146 Å². The van der Waals surface area contributed by atoms with E-state index in [1.54, 1.807) is 0 Å². The second-order valence-corrected chi connectivity index (χ2v) is 16.2. The molecule has 3 heteroatoms. The number of fused-ring (bicyclic) bond motifs is 6. The van der Waals surface area contributed by atoms with Gasteiger partial charge in [-0.2, -0.15) is 0 Å². The third-order valence-electron chi connectivity index (χ3n) is 12.5. The molecule has 3 nitrogen and oxygen atoms in total. The zero-order valence-electron chi connectivity index (χ0n) is 34.5. The predicted molar refractivity (Wildman–Crippen MR) is 266 cm³/mol. The fraction of sp³-hybridized carbons (Fsp3) is 0. The van der Waals surface area contributed by atoms with Gasteiger partial charge >= 0.3 is 0 Å². The Hall–Kier alpha value is -8.40. The topological polar surface area (TPSA) is 13.1 Å². The Balaban J connectivity index is 0.965. The molecule has 0 spiro atoms. The Morgan fingerprint density at radius 3 is 0.825 bits per heavy atom. The van der Waals surface area contributed by atoms with Crippen molar-refractivity contribution >= 4 is 60.7 Å². The fourth-order valence-corrected chi connectivity index (χ4v) is 9.54. The molecule has 0 atom stereocenters. The molecule has 2 heterocycles. The molecule has 10 aromatic carbocycles. The average molecular weight is 804 g/mol. The van der Waals surface area contributed by atoms with Gasteiger partial charge in [0.25, 0.3) is 0 Å². The van der Waals surface area contributed by atoms with Gasteiger partial charge in [-0.15, -0.1) is 0 Å². The molecule has 0 saturated heterocycles. The smallest absolute Gasteiger partial charge is 0.0541 e. The lowest BCUT2D eigenvalue weighted by atomic mass is 9.93. The van der Waals surface area contributed by atoms with Crippen LogP contribution in [0.3, 0.4) is 0 Å². The minimum Gasteiger partial charge on any atom is -0.311 e. The van der Waals surface area contributed by atoms with Crippen LogP contribution in [0, 0.1) is 0 Å². The number of hydrogen-bond acceptors (Lipinski definition) is 1. The molecule has 12 rings (SSSR count). The van der Waals surface area contributed by atoms with Crippen molar-refractivity contribution < 1.29 is 0 Å². The largest absolute Gasteiger partial charge is 0.311 e. The molecule has 0 unspecified atom stereocenters. The molecular formula is C60H41N3. The van der Waals surface area contributed by atoms with E-state index in [-0.39, 0.29) is 0 Å². The number of para-hydroxylation sites is 6. The summed E-state index contributed by atoms with van der Waals surface area (Å²) in [7, 11) is 0. The highest BCUT2D eigenvalue weighted by Gasteiger charge is 2.16. The molecule has 0 fully saturated rings. The van der Waals surface area contributed by atoms with Crippen LogP contribution >= 0.6 is 0 Å². The summed E-state index contributed by atoms with van der Waals surface area (Å²) in [5.74, 6) is 0. The van der Waals surface area contributed by atoms with E-state index in [2.05, 4.69) is 263 Å². The van der Waals surface area contributed by atoms with E-state index in [9.17, 15) is 0 Å². The summed E-state index contributed by atoms with van der Waals surface area (Å²) < 4.78 is 4.76. The van der Waals surface area contributed by atoms with Gasteiger partial charge in [0, 0.05) is 50.0 Å². The van der Waals surface area contributed by atoms with Crippen molar-refractivity contribution in [1.82, 2.24) is 9.13 Å². The minimum absolute atomic E-state index is 1.11. The number of anilines is 3. The van der Waals surface area contributed by atoms with E-state index in [0.717, 1.165) is 39.6 Å². The number of hydrogen-bond donors (Lipinski definition) is 0. The second-order valence-electron chi connectivity index (χ2n) is 16.2. The zero-order valence-corrected chi connectivity index (χ0v) is 34.5. The fourth-order valence-electron chi connectivity index (χ4n) is 9.54. The predicted octanol–water partition coefficient (Wildman–Crippen LogP) is 16.4. The lowest BCUT2D eigenvalue weighted by Gasteiger charge is -2.25. The third-order valence-corrected chi connectivity index (χ3v) is 12.5. The van der Waals surface area contributed by atoms with Gasteiger partial charge in [-0.3, -0.25) is 0 Å². The first-order chi connectivity index (χ1) is 31.2. The third kappa shape index (κ3) is 6.38. The van der Waals surface area contributed by atoms with Crippen LogP contribution < -0.4 is 4.90 Å². The first-order valence-electron chi connectivity index (χ1n) is 21.6. The van der Waals surface area contributed by atoms with Gasteiger partial charge in [0.05, 0.1) is 22.1 Å². The Kier molecular flexibility index (Phi) is 8.83. The summed E-state index contributed by atoms with van der Waals surface area (Å²) in [5.41, 5.74) is 17.5. The second kappa shape index (κ2) is 15.3. The van der Waals surface area contributed by atoms with Crippen LogP contribution in [0.2, 0.25) is 0 Å². The minimum atomic E-state index is 1.11. The number of nitrogens with zero attached hydrogens (tertiary/aromatic N) is 3. The van der Waals surface area contributed by atoms with Crippen LogP contribution in [0.4, 0.5) is 17.1 Å². The molecule has 12 aromatic rings. The standard InChI is InChI=1S/C60H41N3/c1-3-15-48(16-4-1)61(49-17-5-2-6-18-49)50-33-27-42(28-34-50)45-39-46(43-29-35-51(36-30-43)62-57-23-11-7-19-53(57)54-20-8-12-24-58(54)62)41-47(40-45)44-31-37-52(38-32-44)63-59-25-13-9-21-55(59)56-22-10-14-26-60(56)63/h1-41H. The quantitative estimate of drug-likeness (QED) is 0.149. The van der Waals surface area contributed by atoms with Crippen molar-refractivity contribution in [3.8, 4) is 44.8 Å². The maximum absolute atomic E-state index is 2.38. The molecule has 0 amide bonds. The van der Waals surface area contributed by atoms with Crippen molar-refractivity contribution in [3.63, 3.8) is 0 Å². The van der Waals surface area contributed by atoms with Crippen LogP contribution in [-0.4, -0.2) is 9.13 Å². The molecule has 0 radical (unpaired) electrons. The molecule has 0 N–H and O–H groups in total. The lowest BCUT2D eigenvalue weighted by Crippen LogP contribution is -2.09. The molecule has 63 heavy (non-hydrogen) atoms. The Morgan fingerprint density at radius 2 is 0.492 bits per heavy atom. The molecule has 296 valence electrons. The molecule has 0 aliphatic rings. The van der Waals surface area contributed by atoms with E-state index in [1.807, 2.05) is 0 Å². The van der Waals surface area contributed by atoms with Crippen LogP contribution in [0.15, 0.2) is 249 Å². The number of rotatable bonds is 8. The highest BCUT2D eigenvalue weighted by molar-refractivity contribution is 6.10. The maximum atomic E-state index is 2.38. The zero-order chi connectivity index (χ0) is 41.7. The molecule has 2 aromatic heterocycles. The lowest BCUT2D eigenvalue weighted by molar-refractivity contribution is 1.18. The van der Waals surface area contributed by atoms with Gasteiger partial charge in [0.15, 0.2) is 0 Å². The van der Waals surface area contributed by atoms with E-state index in [0.29, 0.717) is 0 Å². The van der Waals surface area contributed by atoms with Crippen molar-refractivity contribution in [2.45, 2.75) is 0 Å². The van der Waals surface area contributed by atoms with Gasteiger partial charge < -0.3 is 14.0 Å². The number of benzene rings is 10. The normalized spacial score (nSPS) is 11.5. The van der Waals surface area contributed by atoms with Crippen molar-refractivity contribution in [3.05, 3.63) is 249 Å². The van der Waals surface area contributed by atoms with E-state index >= 15 is 0 Å². The average Bonchev–Trinajstić information content (AvgIpc) is 3.88. The van der Waals surface area contributed by atoms with Crippen molar-refractivity contribution in [2.24, 2.45) is 0 Å². The van der Waals surface area contributed by atoms with Crippen molar-refractivity contribution in [2.75, 3.05) is 4.90 Å². The summed E-state index contributed by atoms with van der Waals surface area (Å²) in [6.07, 6.45) is 0. The van der Waals surface area contributed by atoms with Crippen LogP contribution in [-0.2, 0) is 0 Å². The highest BCUT2D eigenvalue weighted by Crippen LogP contribution is 2.39. The summed E-state index contributed by atoms with van der Waals surface area (Å²) in [6, 6.07) is 90.1. The Bertz CT molecular complexity index is 3260. The summed E-state index contributed by atoms with van der Waals surface area (Å²) in [5, 5.41) is 5.06. The molecule has 0 aliphatic carbocycles. The van der Waals surface area contributed by atoms with Crippen molar-refractivity contribution in [1.29, 1.82) is 0 Å². The van der Waals surface area contributed by atoms with E-state index in [4.69, 9.17) is 0 Å². The van der Waals surface area contributed by atoms with Crippen LogP contribution in [0.5, 0.6) is 0 Å². The van der Waals surface area contributed by atoms with Crippen LogP contribution in [0.25, 0.3) is 88.4 Å². The molecule has 0 bridgehead atoms. The summed E-state index contributed by atoms with van der Waals surface area (Å²) in [4.78, 5) is 2.31. The van der Waals surface area contributed by atoms with E-state index in [1.165, 1.54) is 65.9 Å². The highest BCUT2D eigenvalue weighted by atomic mass is 15.1. The van der Waals surface area contributed by atoms with E-state index < -0.39 is 0 Å². The first-order valence-corrected chi connectivity index (χ1v) is 21.6. The summed E-state index contributed by atoms with van der Waals surface area (Å²) >= 11 is 0. The first kappa shape index (κ1) is 36.5. The van der Waals surface area contributed by atoms with Crippen LogP contribution in [0.1, 0.15) is 0 Å². The Labute approximate surface area is 366 Å². The summed E-state index contributed by atoms with van der Waals surface area (Å²) in [6.45, 7) is 0.